The molecule has 2 amide bonds. The summed E-state index contributed by atoms with van der Waals surface area (Å²) in [5, 5.41) is 0. The Hall–Kier alpha value is -2.32. The number of carbonyl (C=O) groups excluding carboxylic acids is 2. The zero-order valence-electron chi connectivity index (χ0n) is 17.6. The second-order valence-electron chi connectivity index (χ2n) is 10.1. The Bertz CT molecular complexity index is 889. The molecule has 1 aromatic heterocycles. The Kier molecular flexibility index (Phi) is 4.71. The highest BCUT2D eigenvalue weighted by atomic mass is 19.3. The second-order valence-corrected chi connectivity index (χ2v) is 10.1. The molecular formula is C22H28F2N4O3. The maximum Gasteiger partial charge on any atom is 0.410 e. The van der Waals surface area contributed by atoms with Gasteiger partial charge in [-0.15, -0.1) is 0 Å². The number of alkyl halides is 2. The van der Waals surface area contributed by atoms with Crippen LogP contribution in [0.1, 0.15) is 62.9 Å². The van der Waals surface area contributed by atoms with Crippen LogP contribution in [0, 0.1) is 23.2 Å². The van der Waals surface area contributed by atoms with E-state index in [1.165, 1.54) is 12.3 Å². The van der Waals surface area contributed by atoms with Gasteiger partial charge in [-0.25, -0.2) is 14.8 Å². The average molecular weight is 434 g/mol. The molecule has 3 atom stereocenters. The molecule has 3 unspecified atom stereocenters. The lowest BCUT2D eigenvalue weighted by Crippen LogP contribution is -2.59. The summed E-state index contributed by atoms with van der Waals surface area (Å²) in [6.07, 6.45) is 5.68. The lowest BCUT2D eigenvalue weighted by atomic mass is 9.48. The Morgan fingerprint density at radius 2 is 1.97 bits per heavy atom. The summed E-state index contributed by atoms with van der Waals surface area (Å²) in [5.74, 6) is -2.22. The smallest absolute Gasteiger partial charge is 0.410 e. The van der Waals surface area contributed by atoms with Crippen LogP contribution in [0.4, 0.5) is 13.6 Å². The molecule has 9 heteroatoms. The van der Waals surface area contributed by atoms with Gasteiger partial charge < -0.3 is 15.4 Å². The van der Waals surface area contributed by atoms with Crippen LogP contribution >= 0.6 is 0 Å². The van der Waals surface area contributed by atoms with Crippen molar-refractivity contribution >= 4 is 12.0 Å². The van der Waals surface area contributed by atoms with E-state index in [4.69, 9.17) is 10.5 Å². The van der Waals surface area contributed by atoms with Crippen molar-refractivity contribution < 1.29 is 23.1 Å². The standard InChI is InChI=1S/C22H28F2N4O3/c1-21(23,24)16-2-4-26-18(27-16)13-3-5-28(11-13)20(30)31-17-14-6-12-7-15(17)10-22(8-12,9-14)19(25)29/h2,4,12-15,17H,3,5-11H2,1H3,(H2,25,29). The molecule has 0 aromatic carbocycles. The first-order valence-corrected chi connectivity index (χ1v) is 11.1. The van der Waals surface area contributed by atoms with Gasteiger partial charge in [0.15, 0.2) is 0 Å². The van der Waals surface area contributed by atoms with E-state index in [0.29, 0.717) is 44.1 Å². The van der Waals surface area contributed by atoms with E-state index in [2.05, 4.69) is 9.97 Å². The molecule has 1 saturated heterocycles. The largest absolute Gasteiger partial charge is 0.446 e. The van der Waals surface area contributed by atoms with Crippen LogP contribution < -0.4 is 5.73 Å². The molecule has 4 saturated carbocycles. The van der Waals surface area contributed by atoms with Crippen LogP contribution in [0.5, 0.6) is 0 Å². The summed E-state index contributed by atoms with van der Waals surface area (Å²) >= 11 is 0. The molecule has 0 radical (unpaired) electrons. The Morgan fingerprint density at radius 3 is 2.61 bits per heavy atom. The highest BCUT2D eigenvalue weighted by Crippen LogP contribution is 2.60. The molecule has 168 valence electrons. The lowest BCUT2D eigenvalue weighted by Gasteiger charge is -2.58. The van der Waals surface area contributed by atoms with E-state index in [1.807, 2.05) is 0 Å². The number of likely N-dealkylation sites (tertiary alicyclic amines) is 1. The van der Waals surface area contributed by atoms with Crippen molar-refractivity contribution in [3.8, 4) is 0 Å². The van der Waals surface area contributed by atoms with Gasteiger partial charge in [-0.2, -0.15) is 8.78 Å². The van der Waals surface area contributed by atoms with Gasteiger partial charge in [0, 0.05) is 32.1 Å². The summed E-state index contributed by atoms with van der Waals surface area (Å²) in [5.41, 5.74) is 5.01. The molecule has 1 aliphatic heterocycles. The SMILES string of the molecule is CC(F)(F)c1ccnc(C2CCN(C(=O)OC3C4CC5CC3CC(C(N)=O)(C5)C4)C2)n1. The van der Waals surface area contributed by atoms with Gasteiger partial charge in [-0.1, -0.05) is 0 Å². The van der Waals surface area contributed by atoms with E-state index in [1.54, 1.807) is 4.90 Å². The first-order chi connectivity index (χ1) is 14.6. The van der Waals surface area contributed by atoms with Gasteiger partial charge in [0.1, 0.15) is 17.6 Å². The van der Waals surface area contributed by atoms with E-state index < -0.39 is 11.3 Å². The quantitative estimate of drug-likeness (QED) is 0.785. The van der Waals surface area contributed by atoms with E-state index in [9.17, 15) is 18.4 Å². The molecule has 31 heavy (non-hydrogen) atoms. The number of nitrogens with two attached hydrogens (primary N) is 1. The van der Waals surface area contributed by atoms with E-state index in [0.717, 1.165) is 26.2 Å². The van der Waals surface area contributed by atoms with Gasteiger partial charge in [0.2, 0.25) is 5.91 Å². The van der Waals surface area contributed by atoms with Crippen molar-refractivity contribution in [3.63, 3.8) is 0 Å². The van der Waals surface area contributed by atoms with Crippen LogP contribution in [-0.4, -0.2) is 46.1 Å². The topological polar surface area (TPSA) is 98.4 Å². The summed E-state index contributed by atoms with van der Waals surface area (Å²) in [7, 11) is 0. The predicted molar refractivity (Wildman–Crippen MR) is 106 cm³/mol. The average Bonchev–Trinajstić information content (AvgIpc) is 3.20. The van der Waals surface area contributed by atoms with Gasteiger partial charge in [0.05, 0.1) is 5.41 Å². The van der Waals surface area contributed by atoms with Gasteiger partial charge in [0.25, 0.3) is 5.92 Å². The van der Waals surface area contributed by atoms with Crippen molar-refractivity contribution in [2.45, 2.75) is 63.4 Å². The summed E-state index contributed by atoms with van der Waals surface area (Å²) in [6.45, 7) is 1.65. The number of carbonyl (C=O) groups is 2. The van der Waals surface area contributed by atoms with E-state index >= 15 is 0 Å². The molecule has 5 aliphatic rings. The van der Waals surface area contributed by atoms with Crippen LogP contribution in [-0.2, 0) is 15.5 Å². The summed E-state index contributed by atoms with van der Waals surface area (Å²) in [4.78, 5) is 34.8. The van der Waals surface area contributed by atoms with Crippen LogP contribution in [0.2, 0.25) is 0 Å². The zero-order chi connectivity index (χ0) is 22.0. The molecule has 1 aromatic rings. The van der Waals surface area contributed by atoms with Crippen molar-refractivity contribution in [1.82, 2.24) is 14.9 Å². The summed E-state index contributed by atoms with van der Waals surface area (Å²) in [6, 6.07) is 1.22. The van der Waals surface area contributed by atoms with Crippen LogP contribution in [0.25, 0.3) is 0 Å². The number of hydrogen-bond acceptors (Lipinski definition) is 5. The third kappa shape index (κ3) is 3.55. The minimum Gasteiger partial charge on any atom is -0.446 e. The van der Waals surface area contributed by atoms with Crippen molar-refractivity contribution in [1.29, 1.82) is 0 Å². The maximum absolute atomic E-state index is 13.6. The number of rotatable bonds is 4. The molecular weight excluding hydrogens is 406 g/mol. The highest BCUT2D eigenvalue weighted by molar-refractivity contribution is 5.81. The number of aromatic nitrogens is 2. The minimum absolute atomic E-state index is 0.172. The van der Waals surface area contributed by atoms with Gasteiger partial charge in [-0.05, 0) is 62.3 Å². The molecule has 7 nitrogen and oxygen atoms in total. The van der Waals surface area contributed by atoms with Crippen molar-refractivity contribution in [3.05, 3.63) is 23.8 Å². The lowest BCUT2D eigenvalue weighted by molar-refractivity contribution is -0.161. The third-order valence-corrected chi connectivity index (χ3v) is 7.88. The second kappa shape index (κ2) is 7.10. The Morgan fingerprint density at radius 1 is 1.26 bits per heavy atom. The first kappa shape index (κ1) is 20.6. The van der Waals surface area contributed by atoms with Crippen LogP contribution in [0.15, 0.2) is 12.3 Å². The number of ether oxygens (including phenoxy) is 1. The fourth-order valence-electron chi connectivity index (χ4n) is 6.61. The monoisotopic (exact) mass is 434 g/mol. The number of hydrogen-bond donors (Lipinski definition) is 1. The fourth-order valence-corrected chi connectivity index (χ4v) is 6.61. The third-order valence-electron chi connectivity index (χ3n) is 7.88. The molecule has 4 aliphatic carbocycles. The van der Waals surface area contributed by atoms with Crippen molar-refractivity contribution in [2.24, 2.45) is 28.9 Å². The first-order valence-electron chi connectivity index (χ1n) is 11.1. The van der Waals surface area contributed by atoms with Crippen molar-refractivity contribution in [2.75, 3.05) is 13.1 Å². The Labute approximate surface area is 179 Å². The van der Waals surface area contributed by atoms with E-state index in [-0.39, 0.29) is 41.6 Å². The molecule has 4 bridgehead atoms. The zero-order valence-corrected chi connectivity index (χ0v) is 17.6. The molecule has 5 fully saturated rings. The Balaban J connectivity index is 1.23. The molecule has 6 rings (SSSR count). The number of amides is 2. The summed E-state index contributed by atoms with van der Waals surface area (Å²) < 4.78 is 33.2. The maximum atomic E-state index is 13.6. The fraction of sp³-hybridized carbons (Fsp3) is 0.727. The predicted octanol–water partition coefficient (Wildman–Crippen LogP) is 3.19. The van der Waals surface area contributed by atoms with Gasteiger partial charge >= 0.3 is 6.09 Å². The number of nitrogens with zero attached hydrogens (tertiary/aromatic N) is 3. The molecule has 2 N–H and O–H groups in total. The van der Waals surface area contributed by atoms with Crippen LogP contribution in [0.3, 0.4) is 0 Å². The minimum atomic E-state index is -3.03. The number of primary amides is 1. The van der Waals surface area contributed by atoms with Gasteiger partial charge in [-0.3, -0.25) is 4.79 Å². The molecule has 2 heterocycles. The molecule has 0 spiro atoms. The highest BCUT2D eigenvalue weighted by Gasteiger charge is 2.59. The normalized spacial score (nSPS) is 36.6. The number of halogens is 2.